The van der Waals surface area contributed by atoms with Crippen LogP contribution < -0.4 is 21.2 Å². The first-order chi connectivity index (χ1) is 15.7. The van der Waals surface area contributed by atoms with Crippen molar-refractivity contribution in [2.24, 2.45) is 11.7 Å². The highest BCUT2D eigenvalue weighted by Crippen LogP contribution is 2.21. The Kier molecular flexibility index (Phi) is 5.96. The third-order valence-electron chi connectivity index (χ3n) is 5.93. The second-order valence-electron chi connectivity index (χ2n) is 9.07. The Morgan fingerprint density at radius 3 is 2.70 bits per heavy atom. The van der Waals surface area contributed by atoms with Gasteiger partial charge in [-0.15, -0.1) is 0 Å². The van der Waals surface area contributed by atoms with E-state index in [0.29, 0.717) is 37.1 Å². The van der Waals surface area contributed by atoms with Crippen LogP contribution in [-0.2, 0) is 16.1 Å². The first-order valence-electron chi connectivity index (χ1n) is 11.2. The molecule has 11 nitrogen and oxygen atoms in total. The predicted molar refractivity (Wildman–Crippen MR) is 118 cm³/mol. The highest BCUT2D eigenvalue weighted by atomic mass is 16.3. The second kappa shape index (κ2) is 8.72. The van der Waals surface area contributed by atoms with Crippen molar-refractivity contribution in [3.05, 3.63) is 33.8 Å². The number of aromatic hydroxyl groups is 1. The van der Waals surface area contributed by atoms with Gasteiger partial charge in [-0.05, 0) is 37.7 Å². The molecule has 2 aliphatic rings. The van der Waals surface area contributed by atoms with Gasteiger partial charge in [-0.2, -0.15) is 4.57 Å². The molecule has 1 saturated carbocycles. The Morgan fingerprint density at radius 2 is 2.06 bits per heavy atom. The maximum Gasteiger partial charge on any atom is 0.378 e. The fraction of sp³-hybridized carbons (Fsp3) is 0.500. The first kappa shape index (κ1) is 22.6. The Labute approximate surface area is 189 Å². The number of hydrogen-bond acceptors (Lipinski definition) is 5. The van der Waals surface area contributed by atoms with Gasteiger partial charge in [0.25, 0.3) is 5.91 Å². The summed E-state index contributed by atoms with van der Waals surface area (Å²) in [5.41, 5.74) is 5.19. The minimum Gasteiger partial charge on any atom is -0.477 e. The van der Waals surface area contributed by atoms with Gasteiger partial charge >= 0.3 is 17.1 Å². The van der Waals surface area contributed by atoms with Gasteiger partial charge in [0.2, 0.25) is 17.4 Å². The van der Waals surface area contributed by atoms with Crippen molar-refractivity contribution in [2.75, 3.05) is 6.54 Å². The van der Waals surface area contributed by atoms with Crippen molar-refractivity contribution in [3.8, 4) is 5.88 Å². The van der Waals surface area contributed by atoms with Gasteiger partial charge in [0.15, 0.2) is 0 Å². The summed E-state index contributed by atoms with van der Waals surface area (Å²) in [6, 6.07) is -0.603. The van der Waals surface area contributed by atoms with Crippen LogP contribution in [0.1, 0.15) is 55.5 Å². The number of hydrogen-bond donors (Lipinski definition) is 4. The molecule has 0 spiro atoms. The molecule has 0 aromatic carbocycles. The fourth-order valence-corrected chi connectivity index (χ4v) is 4.19. The van der Waals surface area contributed by atoms with E-state index in [2.05, 4.69) is 10.4 Å². The SMILES string of the molecule is CC(C)C[n+]1c(O)c(C(=O)NC2CC2)c(=O)n2[nH]cc(/C=C/C(=O)N3CCC[C@H]3C(N)=O)c21. The Hall–Kier alpha value is -3.63. The van der Waals surface area contributed by atoms with Crippen LogP contribution in [0.5, 0.6) is 5.88 Å². The summed E-state index contributed by atoms with van der Waals surface area (Å²) in [4.78, 5) is 51.4. The van der Waals surface area contributed by atoms with E-state index in [0.717, 1.165) is 12.8 Å². The number of nitrogens with two attached hydrogens (primary N) is 1. The number of carbonyl (C=O) groups is 3. The summed E-state index contributed by atoms with van der Waals surface area (Å²) < 4.78 is 2.69. The van der Waals surface area contributed by atoms with Crippen LogP contribution in [0.25, 0.3) is 11.7 Å². The molecular formula is C22H29N6O5+. The van der Waals surface area contributed by atoms with E-state index in [9.17, 15) is 24.3 Å². The van der Waals surface area contributed by atoms with Gasteiger partial charge in [-0.25, -0.2) is 9.89 Å². The monoisotopic (exact) mass is 457 g/mol. The number of aromatic amines is 1. The number of nitrogens with one attached hydrogen (secondary N) is 2. The molecule has 1 saturated heterocycles. The fourth-order valence-electron chi connectivity index (χ4n) is 4.19. The van der Waals surface area contributed by atoms with Crippen LogP contribution in [0.4, 0.5) is 0 Å². The molecule has 5 N–H and O–H groups in total. The summed E-state index contributed by atoms with van der Waals surface area (Å²) in [6.45, 7) is 4.67. The largest absolute Gasteiger partial charge is 0.477 e. The van der Waals surface area contributed by atoms with Crippen LogP contribution in [0.15, 0.2) is 17.1 Å². The number of amides is 3. The molecule has 3 heterocycles. The molecule has 176 valence electrons. The number of likely N-dealkylation sites (tertiary alicyclic amines) is 1. The van der Waals surface area contributed by atoms with Crippen LogP contribution >= 0.6 is 0 Å². The lowest BCUT2D eigenvalue weighted by Gasteiger charge is -2.20. The van der Waals surface area contributed by atoms with Crippen LogP contribution in [-0.4, -0.2) is 56.0 Å². The van der Waals surface area contributed by atoms with Crippen LogP contribution in [0.2, 0.25) is 0 Å². The highest BCUT2D eigenvalue weighted by Gasteiger charge is 2.35. The molecule has 4 rings (SSSR count). The third kappa shape index (κ3) is 4.35. The van der Waals surface area contributed by atoms with Crippen LogP contribution in [0, 0.1) is 5.92 Å². The van der Waals surface area contributed by atoms with Crippen molar-refractivity contribution in [1.29, 1.82) is 0 Å². The molecule has 1 atom stereocenters. The number of carbonyl (C=O) groups excluding carboxylic acids is 3. The Bertz CT molecular complexity index is 1210. The van der Waals surface area contributed by atoms with E-state index in [1.54, 1.807) is 0 Å². The smallest absolute Gasteiger partial charge is 0.378 e. The van der Waals surface area contributed by atoms with E-state index in [1.165, 1.54) is 32.3 Å². The molecule has 0 unspecified atom stereocenters. The molecule has 33 heavy (non-hydrogen) atoms. The number of primary amides is 1. The van der Waals surface area contributed by atoms with Crippen molar-refractivity contribution in [1.82, 2.24) is 19.8 Å². The maximum absolute atomic E-state index is 13.1. The van der Waals surface area contributed by atoms with Gasteiger partial charge in [0.05, 0.1) is 18.3 Å². The van der Waals surface area contributed by atoms with Crippen molar-refractivity contribution in [3.63, 3.8) is 0 Å². The summed E-state index contributed by atoms with van der Waals surface area (Å²) in [5, 5.41) is 16.5. The van der Waals surface area contributed by atoms with Crippen molar-refractivity contribution >= 4 is 29.4 Å². The van der Waals surface area contributed by atoms with Crippen molar-refractivity contribution < 1.29 is 24.1 Å². The van der Waals surface area contributed by atoms with Gasteiger partial charge in [-0.1, -0.05) is 18.4 Å². The predicted octanol–water partition coefficient (Wildman–Crippen LogP) is -0.342. The zero-order valence-corrected chi connectivity index (χ0v) is 18.7. The lowest BCUT2D eigenvalue weighted by Crippen LogP contribution is -2.46. The van der Waals surface area contributed by atoms with Gasteiger partial charge in [0, 0.05) is 18.7 Å². The van der Waals surface area contributed by atoms with E-state index in [1.807, 2.05) is 13.8 Å². The molecule has 1 aliphatic heterocycles. The zero-order chi connectivity index (χ0) is 23.9. The lowest BCUT2D eigenvalue weighted by molar-refractivity contribution is -0.686. The van der Waals surface area contributed by atoms with E-state index in [-0.39, 0.29) is 23.4 Å². The minimum absolute atomic E-state index is 0.0264. The molecule has 3 amide bonds. The highest BCUT2D eigenvalue weighted by molar-refractivity contribution is 5.97. The summed E-state index contributed by atoms with van der Waals surface area (Å²) in [7, 11) is 0. The molecule has 11 heteroatoms. The average molecular weight is 458 g/mol. The van der Waals surface area contributed by atoms with E-state index in [4.69, 9.17) is 5.73 Å². The summed E-state index contributed by atoms with van der Waals surface area (Å²) in [6.07, 6.45) is 7.29. The quantitative estimate of drug-likeness (QED) is 0.331. The number of H-pyrrole nitrogens is 1. The molecule has 1 aliphatic carbocycles. The van der Waals surface area contributed by atoms with E-state index < -0.39 is 29.3 Å². The molecular weight excluding hydrogens is 428 g/mol. The van der Waals surface area contributed by atoms with Crippen molar-refractivity contribution in [2.45, 2.75) is 58.2 Å². The number of fused-ring (bicyclic) bond motifs is 1. The topological polar surface area (TPSA) is 154 Å². The normalized spacial score (nSPS) is 18.5. The summed E-state index contributed by atoms with van der Waals surface area (Å²) >= 11 is 0. The molecule has 0 bridgehead atoms. The first-order valence-corrected chi connectivity index (χ1v) is 11.2. The van der Waals surface area contributed by atoms with E-state index >= 15 is 0 Å². The second-order valence-corrected chi connectivity index (χ2v) is 9.07. The molecule has 0 radical (unpaired) electrons. The van der Waals surface area contributed by atoms with Gasteiger partial charge in [-0.3, -0.25) is 14.4 Å². The number of nitrogens with zero attached hydrogens (tertiary/aromatic N) is 3. The molecule has 2 aromatic rings. The lowest BCUT2D eigenvalue weighted by atomic mass is 10.2. The minimum atomic E-state index is -0.681. The Balaban J connectivity index is 1.75. The number of aromatic nitrogens is 3. The number of rotatable bonds is 7. The Morgan fingerprint density at radius 1 is 1.33 bits per heavy atom. The van der Waals surface area contributed by atoms with Gasteiger partial charge in [0.1, 0.15) is 6.04 Å². The third-order valence-corrected chi connectivity index (χ3v) is 5.93. The molecule has 2 aromatic heterocycles. The molecule has 2 fully saturated rings. The van der Waals surface area contributed by atoms with Gasteiger partial charge < -0.3 is 21.1 Å². The average Bonchev–Trinajstić information content (AvgIpc) is 3.25. The summed E-state index contributed by atoms with van der Waals surface area (Å²) in [5.74, 6) is -1.83. The standard InChI is InChI=1S/C22H28N6O5/c1-12(2)11-27-20-13(5-8-16(29)26-9-3-4-15(26)18(23)30)10-24-28(20)22(33)17(21(27)32)19(31)25-14-6-7-14/h5,8,10,12,14-15H,3-4,6-7,9,11H2,1-2H3,(H4,23,25,30,31,32,33)/p+1/b8-5+/t15-/m0/s1. The maximum atomic E-state index is 13.1. The van der Waals surface area contributed by atoms with Crippen LogP contribution in [0.3, 0.4) is 0 Å². The zero-order valence-electron chi connectivity index (χ0n) is 18.7.